The third-order valence-corrected chi connectivity index (χ3v) is 2.37. The summed E-state index contributed by atoms with van der Waals surface area (Å²) in [5.41, 5.74) is 0. The van der Waals surface area contributed by atoms with Gasteiger partial charge in [-0.15, -0.1) is 0 Å². The molecular formula is C11H17NO6. The molecular weight excluding hydrogens is 242 g/mol. The molecule has 1 rings (SSSR count). The average Bonchev–Trinajstić information content (AvgIpc) is 2.64. The lowest BCUT2D eigenvalue weighted by Crippen LogP contribution is -2.16. The lowest BCUT2D eigenvalue weighted by molar-refractivity contribution is -0.138. The van der Waals surface area contributed by atoms with E-state index in [1.165, 1.54) is 19.2 Å². The number of rotatable bonds is 8. The molecule has 1 heterocycles. The average molecular weight is 259 g/mol. The normalized spacial score (nSPS) is 12.5. The lowest BCUT2D eigenvalue weighted by Gasteiger charge is -2.20. The number of hydrogen-bond acceptors (Lipinski definition) is 5. The highest BCUT2D eigenvalue weighted by atomic mass is 16.5. The molecule has 0 saturated heterocycles. The third-order valence-electron chi connectivity index (χ3n) is 2.37. The van der Waals surface area contributed by atoms with Crippen LogP contribution in [0.25, 0.3) is 0 Å². The Kier molecular flexibility index (Phi) is 5.47. The number of hydrogen-bond donors (Lipinski definition) is 3. The summed E-state index contributed by atoms with van der Waals surface area (Å²) in [6, 6.07) is 2.62. The van der Waals surface area contributed by atoms with Crippen LogP contribution in [0.2, 0.25) is 0 Å². The first-order valence-corrected chi connectivity index (χ1v) is 5.47. The van der Waals surface area contributed by atoms with E-state index in [0.29, 0.717) is 6.61 Å². The Hall–Kier alpha value is -1.73. The Balaban J connectivity index is 2.72. The molecule has 0 bridgehead atoms. The molecule has 7 nitrogen and oxygen atoms in total. The number of carboxylic acids is 1. The van der Waals surface area contributed by atoms with E-state index in [4.69, 9.17) is 14.6 Å². The van der Waals surface area contributed by atoms with E-state index in [0.717, 1.165) is 4.57 Å². The van der Waals surface area contributed by atoms with Crippen molar-refractivity contribution in [3.63, 3.8) is 0 Å². The van der Waals surface area contributed by atoms with E-state index in [1.54, 1.807) is 0 Å². The quantitative estimate of drug-likeness (QED) is 0.600. The van der Waals surface area contributed by atoms with Gasteiger partial charge in [0.25, 0.3) is 0 Å². The van der Waals surface area contributed by atoms with Crippen molar-refractivity contribution in [2.75, 3.05) is 20.3 Å². The van der Waals surface area contributed by atoms with Gasteiger partial charge in [-0.25, -0.2) is 0 Å². The van der Waals surface area contributed by atoms with Gasteiger partial charge in [0.2, 0.25) is 0 Å². The summed E-state index contributed by atoms with van der Waals surface area (Å²) in [5, 5.41) is 27.8. The van der Waals surface area contributed by atoms with Crippen LogP contribution >= 0.6 is 0 Å². The minimum Gasteiger partial charge on any atom is -0.494 e. The maximum absolute atomic E-state index is 10.6. The Morgan fingerprint density at radius 1 is 1.33 bits per heavy atom. The molecule has 0 aliphatic heterocycles. The van der Waals surface area contributed by atoms with Crippen LogP contribution < -0.4 is 0 Å². The van der Waals surface area contributed by atoms with Gasteiger partial charge in [0.05, 0.1) is 13.2 Å². The Morgan fingerprint density at radius 3 is 2.44 bits per heavy atom. The van der Waals surface area contributed by atoms with Gasteiger partial charge in [0.15, 0.2) is 11.8 Å². The van der Waals surface area contributed by atoms with Gasteiger partial charge in [0.1, 0.15) is 6.23 Å². The molecule has 1 unspecified atom stereocenters. The summed E-state index contributed by atoms with van der Waals surface area (Å²) in [4.78, 5) is 10.6. The molecule has 0 radical (unpaired) electrons. The number of carboxylic acid groups (broad SMARTS) is 1. The molecule has 102 valence electrons. The molecule has 0 saturated carbocycles. The largest absolute Gasteiger partial charge is 0.494 e. The second kappa shape index (κ2) is 6.87. The van der Waals surface area contributed by atoms with Gasteiger partial charge in [0, 0.05) is 32.1 Å². The summed E-state index contributed by atoms with van der Waals surface area (Å²) < 4.78 is 11.4. The lowest BCUT2D eigenvalue weighted by atomic mass is 10.3. The highest BCUT2D eigenvalue weighted by Gasteiger charge is 2.19. The molecule has 0 spiro atoms. The van der Waals surface area contributed by atoms with Gasteiger partial charge in [-0.05, 0) is 0 Å². The zero-order valence-electron chi connectivity index (χ0n) is 10.1. The maximum Gasteiger partial charge on any atom is 0.303 e. The molecule has 1 atom stereocenters. The van der Waals surface area contributed by atoms with Crippen molar-refractivity contribution in [1.29, 1.82) is 0 Å². The van der Waals surface area contributed by atoms with Crippen LogP contribution in [0.4, 0.5) is 0 Å². The molecule has 18 heavy (non-hydrogen) atoms. The van der Waals surface area contributed by atoms with Gasteiger partial charge < -0.3 is 24.8 Å². The van der Waals surface area contributed by atoms with Crippen molar-refractivity contribution in [2.45, 2.75) is 19.1 Å². The van der Waals surface area contributed by atoms with Crippen LogP contribution in [0.1, 0.15) is 19.1 Å². The molecule has 1 aromatic rings. The molecule has 0 aliphatic rings. The number of aromatic hydroxyl groups is 2. The fraction of sp³-hybridized carbons (Fsp3) is 0.545. The van der Waals surface area contributed by atoms with Crippen molar-refractivity contribution in [1.82, 2.24) is 4.57 Å². The Morgan fingerprint density at radius 2 is 1.94 bits per heavy atom. The van der Waals surface area contributed by atoms with Gasteiger partial charge >= 0.3 is 5.97 Å². The van der Waals surface area contributed by atoms with Crippen LogP contribution in [0, 0.1) is 0 Å². The summed E-state index contributed by atoms with van der Waals surface area (Å²) in [6.45, 7) is 0.574. The standard InChI is InChI=1S/C11H17NO6/c1-17-6-7-18-10(4-5-11(15)16)12-8(13)2-3-9(12)14/h2-3,10,13-14H,4-7H2,1H3,(H,15,16). The van der Waals surface area contributed by atoms with E-state index < -0.39 is 12.2 Å². The molecule has 0 aromatic carbocycles. The van der Waals surface area contributed by atoms with E-state index >= 15 is 0 Å². The predicted octanol–water partition coefficient (Wildman–Crippen LogP) is 0.926. The van der Waals surface area contributed by atoms with Crippen molar-refractivity contribution < 1.29 is 29.6 Å². The van der Waals surface area contributed by atoms with Gasteiger partial charge in [-0.3, -0.25) is 9.36 Å². The number of ether oxygens (including phenoxy) is 2. The van der Waals surface area contributed by atoms with E-state index in [9.17, 15) is 15.0 Å². The second-order valence-corrected chi connectivity index (χ2v) is 3.67. The van der Waals surface area contributed by atoms with E-state index in [-0.39, 0.29) is 31.2 Å². The first-order valence-electron chi connectivity index (χ1n) is 5.47. The zero-order valence-corrected chi connectivity index (χ0v) is 10.1. The zero-order chi connectivity index (χ0) is 13.5. The summed E-state index contributed by atoms with van der Waals surface area (Å²) >= 11 is 0. The van der Waals surface area contributed by atoms with Crippen molar-refractivity contribution in [3.8, 4) is 11.8 Å². The van der Waals surface area contributed by atoms with Crippen LogP contribution in [-0.2, 0) is 14.3 Å². The minimum atomic E-state index is -0.971. The SMILES string of the molecule is COCCOC(CCC(=O)O)n1c(O)ccc1O. The highest BCUT2D eigenvalue weighted by Crippen LogP contribution is 2.29. The number of aromatic nitrogens is 1. The molecule has 0 amide bonds. The summed E-state index contributed by atoms with van der Waals surface area (Å²) in [5.74, 6) is -1.33. The van der Waals surface area contributed by atoms with Crippen molar-refractivity contribution >= 4 is 5.97 Å². The number of nitrogens with zero attached hydrogens (tertiary/aromatic N) is 1. The van der Waals surface area contributed by atoms with Crippen LogP contribution in [0.5, 0.6) is 11.8 Å². The van der Waals surface area contributed by atoms with Crippen LogP contribution in [0.3, 0.4) is 0 Å². The number of methoxy groups -OCH3 is 1. The topological polar surface area (TPSA) is 101 Å². The van der Waals surface area contributed by atoms with E-state index in [1.807, 2.05) is 0 Å². The minimum absolute atomic E-state index is 0.130. The number of carbonyl (C=O) groups is 1. The first-order chi connectivity index (χ1) is 8.56. The van der Waals surface area contributed by atoms with Gasteiger partial charge in [-0.2, -0.15) is 0 Å². The second-order valence-electron chi connectivity index (χ2n) is 3.67. The first kappa shape index (κ1) is 14.3. The monoisotopic (exact) mass is 259 g/mol. The predicted molar refractivity (Wildman–Crippen MR) is 61.5 cm³/mol. The Labute approximate surface area is 104 Å². The van der Waals surface area contributed by atoms with Crippen molar-refractivity contribution in [3.05, 3.63) is 12.1 Å². The number of aliphatic carboxylic acids is 1. The molecule has 0 aliphatic carbocycles. The van der Waals surface area contributed by atoms with E-state index in [2.05, 4.69) is 0 Å². The summed E-state index contributed by atoms with van der Waals surface area (Å²) in [7, 11) is 1.51. The smallest absolute Gasteiger partial charge is 0.303 e. The van der Waals surface area contributed by atoms with Gasteiger partial charge in [-0.1, -0.05) is 0 Å². The van der Waals surface area contributed by atoms with Crippen LogP contribution in [0.15, 0.2) is 12.1 Å². The van der Waals surface area contributed by atoms with Crippen LogP contribution in [-0.4, -0.2) is 46.2 Å². The molecule has 1 aromatic heterocycles. The molecule has 0 fully saturated rings. The molecule has 3 N–H and O–H groups in total. The van der Waals surface area contributed by atoms with Crippen molar-refractivity contribution in [2.24, 2.45) is 0 Å². The fourth-order valence-corrected chi connectivity index (χ4v) is 1.52. The highest BCUT2D eigenvalue weighted by molar-refractivity contribution is 5.66. The fourth-order valence-electron chi connectivity index (χ4n) is 1.52. The molecule has 7 heteroatoms. The Bertz CT molecular complexity index is 369. The third kappa shape index (κ3) is 3.94. The maximum atomic E-state index is 10.6. The summed E-state index contributed by atoms with van der Waals surface area (Å²) in [6.07, 6.45) is -0.741.